The highest BCUT2D eigenvalue weighted by atomic mass is 16.2. The third-order valence-corrected chi connectivity index (χ3v) is 6.06. The van der Waals surface area contributed by atoms with Crippen molar-refractivity contribution in [1.82, 2.24) is 10.2 Å². The fourth-order valence-electron chi connectivity index (χ4n) is 4.41. The molecule has 2 aliphatic heterocycles. The zero-order valence-electron chi connectivity index (χ0n) is 16.8. The van der Waals surface area contributed by atoms with Gasteiger partial charge in [0, 0.05) is 24.2 Å². The zero-order valence-corrected chi connectivity index (χ0v) is 16.8. The Balaban J connectivity index is 1.34. The molecule has 2 atom stereocenters. The standard InChI is InChI=1S/C24H29N3O2/c28-23(13-8-18-14-15-25-17-18)26-21-11-9-20(10-12-21)24(29)27-16-4-7-22(27)19-5-2-1-3-6-19/h1-3,5-6,9-12,18,22,25H,4,7-8,13-17H2,(H,26,28). The van der Waals surface area contributed by atoms with Crippen LogP contribution >= 0.6 is 0 Å². The summed E-state index contributed by atoms with van der Waals surface area (Å²) in [5.74, 6) is 0.710. The molecule has 0 bridgehead atoms. The molecule has 5 nitrogen and oxygen atoms in total. The number of hydrogen-bond acceptors (Lipinski definition) is 3. The Bertz CT molecular complexity index is 829. The molecule has 0 radical (unpaired) electrons. The van der Waals surface area contributed by atoms with Crippen LogP contribution in [0.3, 0.4) is 0 Å². The summed E-state index contributed by atoms with van der Waals surface area (Å²) < 4.78 is 0. The number of rotatable bonds is 6. The Labute approximate surface area is 172 Å². The SMILES string of the molecule is O=C(CCC1CCNC1)Nc1ccc(C(=O)N2CCCC2c2ccccc2)cc1. The van der Waals surface area contributed by atoms with Crippen LogP contribution in [0.25, 0.3) is 0 Å². The van der Waals surface area contributed by atoms with Gasteiger partial charge in [-0.25, -0.2) is 0 Å². The first kappa shape index (κ1) is 19.6. The Morgan fingerprint density at radius 3 is 2.55 bits per heavy atom. The number of anilines is 1. The molecule has 2 saturated heterocycles. The number of nitrogens with one attached hydrogen (secondary N) is 2. The molecule has 2 N–H and O–H groups in total. The lowest BCUT2D eigenvalue weighted by Crippen LogP contribution is -2.30. The summed E-state index contributed by atoms with van der Waals surface area (Å²) in [5, 5.41) is 6.28. The average Bonchev–Trinajstić information content (AvgIpc) is 3.45. The van der Waals surface area contributed by atoms with Gasteiger partial charge in [0.25, 0.3) is 5.91 Å². The second-order valence-corrected chi connectivity index (χ2v) is 8.09. The van der Waals surface area contributed by atoms with Crippen molar-refractivity contribution in [2.45, 2.75) is 38.1 Å². The fourth-order valence-corrected chi connectivity index (χ4v) is 4.41. The Kier molecular flexibility index (Phi) is 6.25. The lowest BCUT2D eigenvalue weighted by atomic mass is 10.0. The summed E-state index contributed by atoms with van der Waals surface area (Å²) in [7, 11) is 0. The van der Waals surface area contributed by atoms with Gasteiger partial charge in [-0.3, -0.25) is 9.59 Å². The lowest BCUT2D eigenvalue weighted by molar-refractivity contribution is -0.116. The van der Waals surface area contributed by atoms with Crippen LogP contribution in [0.15, 0.2) is 54.6 Å². The molecule has 4 rings (SSSR count). The number of hydrogen-bond donors (Lipinski definition) is 2. The summed E-state index contributed by atoms with van der Waals surface area (Å²) in [5.41, 5.74) is 2.61. The van der Waals surface area contributed by atoms with Crippen molar-refractivity contribution in [1.29, 1.82) is 0 Å². The van der Waals surface area contributed by atoms with Crippen molar-refractivity contribution in [3.8, 4) is 0 Å². The van der Waals surface area contributed by atoms with Crippen LogP contribution in [0.4, 0.5) is 5.69 Å². The Morgan fingerprint density at radius 2 is 1.83 bits per heavy atom. The minimum Gasteiger partial charge on any atom is -0.332 e. The first-order valence-corrected chi connectivity index (χ1v) is 10.7. The maximum atomic E-state index is 13.0. The first-order valence-electron chi connectivity index (χ1n) is 10.7. The molecular formula is C24H29N3O2. The minimum absolute atomic E-state index is 0.0414. The predicted octanol–water partition coefficient (Wildman–Crippen LogP) is 3.99. The van der Waals surface area contributed by atoms with E-state index >= 15 is 0 Å². The largest absolute Gasteiger partial charge is 0.332 e. The molecule has 2 amide bonds. The van der Waals surface area contributed by atoms with Crippen LogP contribution in [-0.4, -0.2) is 36.3 Å². The zero-order chi connectivity index (χ0) is 20.1. The number of carbonyl (C=O) groups is 2. The van der Waals surface area contributed by atoms with E-state index in [1.165, 1.54) is 5.56 Å². The highest BCUT2D eigenvalue weighted by Gasteiger charge is 2.30. The summed E-state index contributed by atoms with van der Waals surface area (Å²) in [6.07, 6.45) is 4.64. The lowest BCUT2D eigenvalue weighted by Gasteiger charge is -2.25. The highest BCUT2D eigenvalue weighted by molar-refractivity contribution is 5.96. The highest BCUT2D eigenvalue weighted by Crippen LogP contribution is 2.33. The van der Waals surface area contributed by atoms with Crippen LogP contribution in [-0.2, 0) is 4.79 Å². The molecule has 0 aliphatic carbocycles. The van der Waals surface area contributed by atoms with Crippen LogP contribution < -0.4 is 10.6 Å². The number of amides is 2. The second-order valence-electron chi connectivity index (χ2n) is 8.09. The topological polar surface area (TPSA) is 61.4 Å². The number of benzene rings is 2. The van der Waals surface area contributed by atoms with E-state index in [1.54, 1.807) is 0 Å². The van der Waals surface area contributed by atoms with Crippen LogP contribution in [0.2, 0.25) is 0 Å². The van der Waals surface area contributed by atoms with E-state index in [0.717, 1.165) is 51.0 Å². The molecule has 5 heteroatoms. The first-order chi connectivity index (χ1) is 14.2. The van der Waals surface area contributed by atoms with E-state index in [2.05, 4.69) is 22.8 Å². The van der Waals surface area contributed by atoms with E-state index < -0.39 is 0 Å². The minimum atomic E-state index is 0.0414. The molecule has 2 aliphatic rings. The van der Waals surface area contributed by atoms with Gasteiger partial charge in [0.05, 0.1) is 6.04 Å². The Morgan fingerprint density at radius 1 is 1.03 bits per heavy atom. The molecule has 0 spiro atoms. The molecule has 0 aromatic heterocycles. The second kappa shape index (κ2) is 9.23. The predicted molar refractivity (Wildman–Crippen MR) is 115 cm³/mol. The Hall–Kier alpha value is -2.66. The van der Waals surface area contributed by atoms with Crippen molar-refractivity contribution in [2.75, 3.05) is 25.0 Å². The molecule has 0 saturated carbocycles. The van der Waals surface area contributed by atoms with Crippen molar-refractivity contribution in [3.63, 3.8) is 0 Å². The quantitative estimate of drug-likeness (QED) is 0.783. The van der Waals surface area contributed by atoms with Gasteiger partial charge in [0.2, 0.25) is 5.91 Å². The molecule has 152 valence electrons. The van der Waals surface area contributed by atoms with Crippen LogP contribution in [0.1, 0.15) is 54.1 Å². The molecule has 2 heterocycles. The summed E-state index contributed by atoms with van der Waals surface area (Å²) >= 11 is 0. The number of likely N-dealkylation sites (tertiary alicyclic amines) is 1. The van der Waals surface area contributed by atoms with Crippen molar-refractivity contribution in [3.05, 3.63) is 65.7 Å². The van der Waals surface area contributed by atoms with Crippen molar-refractivity contribution >= 4 is 17.5 Å². The van der Waals surface area contributed by atoms with Crippen LogP contribution in [0, 0.1) is 5.92 Å². The van der Waals surface area contributed by atoms with Gasteiger partial charge in [0.15, 0.2) is 0 Å². The molecule has 2 fully saturated rings. The van der Waals surface area contributed by atoms with Crippen molar-refractivity contribution in [2.24, 2.45) is 5.92 Å². The number of carbonyl (C=O) groups excluding carboxylic acids is 2. The summed E-state index contributed by atoms with van der Waals surface area (Å²) in [6.45, 7) is 2.86. The van der Waals surface area contributed by atoms with Gasteiger partial charge >= 0.3 is 0 Å². The average molecular weight is 392 g/mol. The van der Waals surface area contributed by atoms with Gasteiger partial charge in [-0.1, -0.05) is 30.3 Å². The summed E-state index contributed by atoms with van der Waals surface area (Å²) in [6, 6.07) is 17.7. The molecular weight excluding hydrogens is 362 g/mol. The molecule has 2 aromatic rings. The van der Waals surface area contributed by atoms with Gasteiger partial charge in [-0.2, -0.15) is 0 Å². The summed E-state index contributed by atoms with van der Waals surface area (Å²) in [4.78, 5) is 27.2. The number of nitrogens with zero attached hydrogens (tertiary/aromatic N) is 1. The monoisotopic (exact) mass is 391 g/mol. The molecule has 2 unspecified atom stereocenters. The fraction of sp³-hybridized carbons (Fsp3) is 0.417. The van der Waals surface area contributed by atoms with Gasteiger partial charge < -0.3 is 15.5 Å². The normalized spacial score (nSPS) is 21.3. The van der Waals surface area contributed by atoms with Gasteiger partial charge in [0.1, 0.15) is 0 Å². The van der Waals surface area contributed by atoms with E-state index in [0.29, 0.717) is 17.9 Å². The smallest absolute Gasteiger partial charge is 0.254 e. The maximum Gasteiger partial charge on any atom is 0.254 e. The van der Waals surface area contributed by atoms with Crippen LogP contribution in [0.5, 0.6) is 0 Å². The van der Waals surface area contributed by atoms with Crippen molar-refractivity contribution < 1.29 is 9.59 Å². The maximum absolute atomic E-state index is 13.0. The van der Waals surface area contributed by atoms with E-state index in [4.69, 9.17) is 0 Å². The van der Waals surface area contributed by atoms with Gasteiger partial charge in [-0.05, 0) is 74.5 Å². The molecule has 2 aromatic carbocycles. The van der Waals surface area contributed by atoms with Gasteiger partial charge in [-0.15, -0.1) is 0 Å². The van der Waals surface area contributed by atoms with E-state index in [-0.39, 0.29) is 17.9 Å². The van der Waals surface area contributed by atoms with E-state index in [1.807, 2.05) is 47.4 Å². The third-order valence-electron chi connectivity index (χ3n) is 6.06. The van der Waals surface area contributed by atoms with E-state index in [9.17, 15) is 9.59 Å². The molecule has 29 heavy (non-hydrogen) atoms. The third kappa shape index (κ3) is 4.85.